The Kier molecular flexibility index (Phi) is 6.22. The molecule has 174 valence electrons. The number of halogens is 4. The van der Waals surface area contributed by atoms with E-state index in [-0.39, 0.29) is 36.1 Å². The molecule has 1 saturated heterocycles. The highest BCUT2D eigenvalue weighted by Crippen LogP contribution is 2.51. The van der Waals surface area contributed by atoms with Gasteiger partial charge in [0.15, 0.2) is 11.6 Å². The molecule has 1 aliphatic heterocycles. The number of nitrogens with zero attached hydrogens (tertiary/aromatic N) is 1. The predicted molar refractivity (Wildman–Crippen MR) is 131 cm³/mol. The van der Waals surface area contributed by atoms with E-state index in [9.17, 15) is 13.6 Å². The molecule has 1 amide bonds. The normalized spacial score (nSPS) is 23.9. The summed E-state index contributed by atoms with van der Waals surface area (Å²) in [5, 5.41) is 1.17. The van der Waals surface area contributed by atoms with Crippen LogP contribution in [-0.2, 0) is 11.3 Å². The third-order valence-corrected chi connectivity index (χ3v) is 7.57. The highest BCUT2D eigenvalue weighted by atomic mass is 35.5. The number of carbonyl (C=O) groups excluding carboxylic acids is 1. The number of hydrogen-bond donors (Lipinski definition) is 0. The van der Waals surface area contributed by atoms with Gasteiger partial charge in [0, 0.05) is 29.1 Å². The quantitative estimate of drug-likeness (QED) is 0.346. The van der Waals surface area contributed by atoms with E-state index < -0.39 is 11.6 Å². The highest BCUT2D eigenvalue weighted by molar-refractivity contribution is 6.35. The number of hydrogen-bond acceptors (Lipinski definition) is 1. The van der Waals surface area contributed by atoms with E-state index in [1.807, 2.05) is 25.1 Å². The number of fused-ring (bicyclic) bond motifs is 1. The van der Waals surface area contributed by atoms with E-state index in [0.29, 0.717) is 22.2 Å². The Labute approximate surface area is 207 Å². The van der Waals surface area contributed by atoms with E-state index in [0.717, 1.165) is 28.8 Å². The summed E-state index contributed by atoms with van der Waals surface area (Å²) >= 11 is 12.8. The fourth-order valence-electron chi connectivity index (χ4n) is 5.35. The summed E-state index contributed by atoms with van der Waals surface area (Å²) in [5.41, 5.74) is 3.84. The third kappa shape index (κ3) is 4.25. The van der Waals surface area contributed by atoms with E-state index in [1.54, 1.807) is 11.0 Å². The summed E-state index contributed by atoms with van der Waals surface area (Å²) in [7, 11) is 0. The molecule has 2 aliphatic rings. The zero-order valence-electron chi connectivity index (χ0n) is 18.5. The molecule has 4 unspecified atom stereocenters. The van der Waals surface area contributed by atoms with Crippen molar-refractivity contribution < 1.29 is 13.6 Å². The van der Waals surface area contributed by atoms with Crippen molar-refractivity contribution in [2.24, 2.45) is 11.8 Å². The Bertz CT molecular complexity index is 1270. The van der Waals surface area contributed by atoms with Crippen molar-refractivity contribution in [3.8, 4) is 0 Å². The first-order valence-electron chi connectivity index (χ1n) is 11.2. The SMILES string of the molecule is Cc1ccc(C2C(c3ccc(Cl)cc3Cl)C=CC3C(=O)N(Cc4ccc(F)c(F)c4)CC32)cc1. The number of rotatable bonds is 4. The van der Waals surface area contributed by atoms with Crippen LogP contribution in [0.4, 0.5) is 8.78 Å². The van der Waals surface area contributed by atoms with Crippen LogP contribution in [0.2, 0.25) is 10.0 Å². The zero-order chi connectivity index (χ0) is 24.0. The average molecular weight is 498 g/mol. The average Bonchev–Trinajstić information content (AvgIpc) is 3.12. The van der Waals surface area contributed by atoms with Gasteiger partial charge in [-0.05, 0) is 59.7 Å². The molecule has 4 atom stereocenters. The lowest BCUT2D eigenvalue weighted by molar-refractivity contribution is -0.130. The van der Waals surface area contributed by atoms with E-state index >= 15 is 0 Å². The molecular weight excluding hydrogens is 475 g/mol. The second-order valence-electron chi connectivity index (χ2n) is 9.17. The Morgan fingerprint density at radius 3 is 2.35 bits per heavy atom. The van der Waals surface area contributed by atoms with E-state index in [2.05, 4.69) is 30.3 Å². The van der Waals surface area contributed by atoms with Gasteiger partial charge < -0.3 is 4.90 Å². The van der Waals surface area contributed by atoms with Crippen molar-refractivity contribution >= 4 is 29.1 Å². The second kappa shape index (κ2) is 9.16. The first kappa shape index (κ1) is 23.1. The van der Waals surface area contributed by atoms with E-state index in [1.165, 1.54) is 6.07 Å². The van der Waals surface area contributed by atoms with Gasteiger partial charge in [0.1, 0.15) is 0 Å². The first-order valence-corrected chi connectivity index (χ1v) is 12.0. The minimum absolute atomic E-state index is 0.00347. The number of amides is 1. The van der Waals surface area contributed by atoms with Gasteiger partial charge in [0.05, 0.1) is 5.92 Å². The van der Waals surface area contributed by atoms with Crippen LogP contribution in [0.5, 0.6) is 0 Å². The van der Waals surface area contributed by atoms with Gasteiger partial charge in [0.2, 0.25) is 5.91 Å². The summed E-state index contributed by atoms with van der Waals surface area (Å²) in [6, 6.07) is 17.7. The van der Waals surface area contributed by atoms with Crippen LogP contribution in [0.15, 0.2) is 72.8 Å². The van der Waals surface area contributed by atoms with Crippen molar-refractivity contribution in [1.82, 2.24) is 4.90 Å². The minimum Gasteiger partial charge on any atom is -0.338 e. The van der Waals surface area contributed by atoms with Crippen LogP contribution >= 0.6 is 23.2 Å². The summed E-state index contributed by atoms with van der Waals surface area (Å²) in [5.74, 6) is -2.06. The predicted octanol–water partition coefficient (Wildman–Crippen LogP) is 7.29. The monoisotopic (exact) mass is 497 g/mol. The molecule has 0 bridgehead atoms. The lowest BCUT2D eigenvalue weighted by Crippen LogP contribution is -2.29. The molecule has 0 saturated carbocycles. The fourth-order valence-corrected chi connectivity index (χ4v) is 5.89. The van der Waals surface area contributed by atoms with E-state index in [4.69, 9.17) is 23.2 Å². The molecule has 34 heavy (non-hydrogen) atoms. The molecule has 0 aromatic heterocycles. The molecule has 0 spiro atoms. The molecule has 3 aromatic rings. The maximum Gasteiger partial charge on any atom is 0.230 e. The van der Waals surface area contributed by atoms with Gasteiger partial charge in [-0.15, -0.1) is 0 Å². The molecule has 0 N–H and O–H groups in total. The first-order chi connectivity index (χ1) is 16.3. The molecule has 3 aromatic carbocycles. The van der Waals surface area contributed by atoms with Crippen molar-refractivity contribution in [1.29, 1.82) is 0 Å². The smallest absolute Gasteiger partial charge is 0.230 e. The Hall–Kier alpha value is -2.69. The minimum atomic E-state index is -0.906. The highest BCUT2D eigenvalue weighted by Gasteiger charge is 2.48. The number of likely N-dealkylation sites (tertiary alicyclic amines) is 1. The molecule has 1 fully saturated rings. The Morgan fingerprint density at radius 2 is 1.65 bits per heavy atom. The Morgan fingerprint density at radius 1 is 0.912 bits per heavy atom. The van der Waals surface area contributed by atoms with Crippen LogP contribution in [0.3, 0.4) is 0 Å². The van der Waals surface area contributed by atoms with Crippen LogP contribution in [0.25, 0.3) is 0 Å². The lowest BCUT2D eigenvalue weighted by atomic mass is 9.66. The van der Waals surface area contributed by atoms with Crippen LogP contribution in [-0.4, -0.2) is 17.4 Å². The summed E-state index contributed by atoms with van der Waals surface area (Å²) in [4.78, 5) is 15.1. The molecular formula is C28H23Cl2F2NO. The maximum absolute atomic E-state index is 13.8. The summed E-state index contributed by atoms with van der Waals surface area (Å²) < 4.78 is 27.1. The molecule has 6 heteroatoms. The summed E-state index contributed by atoms with van der Waals surface area (Å²) in [6.45, 7) is 2.81. The van der Waals surface area contributed by atoms with Crippen molar-refractivity contribution in [2.75, 3.05) is 6.54 Å². The molecule has 2 nitrogen and oxygen atoms in total. The second-order valence-corrected chi connectivity index (χ2v) is 10.0. The zero-order valence-corrected chi connectivity index (χ0v) is 20.0. The lowest BCUT2D eigenvalue weighted by Gasteiger charge is -2.36. The topological polar surface area (TPSA) is 20.3 Å². The standard InChI is InChI=1S/C28H23Cl2F2NO/c1-16-2-5-18(6-3-16)27-21(20-8-7-19(29)13-24(20)30)9-10-22-23(27)15-33(28(22)34)14-17-4-11-25(31)26(32)12-17/h2-13,21-23,27H,14-15H2,1H3. The van der Waals surface area contributed by atoms with Crippen LogP contribution < -0.4 is 0 Å². The third-order valence-electron chi connectivity index (χ3n) is 7.00. The number of carbonyl (C=O) groups is 1. The van der Waals surface area contributed by atoms with Crippen molar-refractivity contribution in [3.63, 3.8) is 0 Å². The van der Waals surface area contributed by atoms with Gasteiger partial charge in [-0.1, -0.05) is 77.3 Å². The van der Waals surface area contributed by atoms with Crippen LogP contribution in [0, 0.1) is 30.4 Å². The van der Waals surface area contributed by atoms with Gasteiger partial charge in [-0.3, -0.25) is 4.79 Å². The number of allylic oxidation sites excluding steroid dienone is 1. The number of aryl methyl sites for hydroxylation is 1. The fraction of sp³-hybridized carbons (Fsp3) is 0.250. The maximum atomic E-state index is 13.8. The number of benzene rings is 3. The molecule has 5 rings (SSSR count). The van der Waals surface area contributed by atoms with Gasteiger partial charge in [0.25, 0.3) is 0 Å². The van der Waals surface area contributed by atoms with Gasteiger partial charge >= 0.3 is 0 Å². The largest absolute Gasteiger partial charge is 0.338 e. The summed E-state index contributed by atoms with van der Waals surface area (Å²) in [6.07, 6.45) is 4.07. The van der Waals surface area contributed by atoms with Gasteiger partial charge in [-0.2, -0.15) is 0 Å². The van der Waals surface area contributed by atoms with Gasteiger partial charge in [-0.25, -0.2) is 8.78 Å². The van der Waals surface area contributed by atoms with Crippen molar-refractivity contribution in [3.05, 3.63) is 117 Å². The molecule has 0 radical (unpaired) electrons. The van der Waals surface area contributed by atoms with Crippen molar-refractivity contribution in [2.45, 2.75) is 25.3 Å². The Balaban J connectivity index is 1.51. The molecule has 1 heterocycles. The van der Waals surface area contributed by atoms with Crippen LogP contribution in [0.1, 0.15) is 34.1 Å². The molecule has 1 aliphatic carbocycles.